The Morgan fingerprint density at radius 2 is 2.12 bits per heavy atom. The minimum absolute atomic E-state index is 0.205. The first-order valence-corrected chi connectivity index (χ1v) is 5.58. The maximum atomic E-state index is 11.7. The molecule has 2 aliphatic rings. The van der Waals surface area contributed by atoms with Crippen molar-refractivity contribution in [3.8, 4) is 5.75 Å². The van der Waals surface area contributed by atoms with Gasteiger partial charge in [0.2, 0.25) is 11.8 Å². The molecule has 17 heavy (non-hydrogen) atoms. The van der Waals surface area contributed by atoms with Gasteiger partial charge in [-0.3, -0.25) is 14.9 Å². The van der Waals surface area contributed by atoms with E-state index in [1.807, 2.05) is 29.2 Å². The molecule has 2 amide bonds. The van der Waals surface area contributed by atoms with E-state index in [1.54, 1.807) is 0 Å². The molecule has 3 rings (SSSR count). The number of amides is 2. The Hall–Kier alpha value is -2.04. The number of benzene rings is 1. The van der Waals surface area contributed by atoms with E-state index >= 15 is 0 Å². The first-order valence-electron chi connectivity index (χ1n) is 5.58. The fourth-order valence-corrected chi connectivity index (χ4v) is 2.31. The zero-order valence-corrected chi connectivity index (χ0v) is 9.18. The topological polar surface area (TPSA) is 58.6 Å². The van der Waals surface area contributed by atoms with Crippen LogP contribution in [0.1, 0.15) is 6.42 Å². The maximum Gasteiger partial charge on any atom is 0.249 e. The van der Waals surface area contributed by atoms with Crippen LogP contribution >= 0.6 is 0 Å². The van der Waals surface area contributed by atoms with Crippen molar-refractivity contribution in [2.75, 3.05) is 18.1 Å². The average Bonchev–Trinajstić information content (AvgIpc) is 2.68. The van der Waals surface area contributed by atoms with Crippen LogP contribution in [-0.2, 0) is 9.59 Å². The summed E-state index contributed by atoms with van der Waals surface area (Å²) in [7, 11) is 0. The van der Waals surface area contributed by atoms with E-state index in [2.05, 4.69) is 5.32 Å². The van der Waals surface area contributed by atoms with Gasteiger partial charge in [-0.1, -0.05) is 12.1 Å². The molecule has 1 N–H and O–H groups in total. The number of nitrogens with one attached hydrogen (secondary N) is 1. The van der Waals surface area contributed by atoms with Crippen molar-refractivity contribution in [2.45, 2.75) is 12.5 Å². The van der Waals surface area contributed by atoms with Gasteiger partial charge in [-0.15, -0.1) is 0 Å². The zero-order valence-electron chi connectivity index (χ0n) is 9.18. The molecular formula is C12H12N2O3. The highest BCUT2D eigenvalue weighted by Gasteiger charge is 2.37. The lowest BCUT2D eigenvalue weighted by molar-refractivity contribution is -0.125. The van der Waals surface area contributed by atoms with Crippen LogP contribution in [0.15, 0.2) is 24.3 Å². The van der Waals surface area contributed by atoms with Gasteiger partial charge in [-0.25, -0.2) is 0 Å². The lowest BCUT2D eigenvalue weighted by Gasteiger charge is -2.34. The van der Waals surface area contributed by atoms with Crippen LogP contribution in [0.5, 0.6) is 5.75 Å². The number of para-hydroxylation sites is 2. The molecule has 0 bridgehead atoms. The molecule has 1 unspecified atom stereocenters. The predicted molar refractivity (Wildman–Crippen MR) is 60.8 cm³/mol. The second kappa shape index (κ2) is 3.76. The van der Waals surface area contributed by atoms with Gasteiger partial charge >= 0.3 is 0 Å². The van der Waals surface area contributed by atoms with E-state index in [0.717, 1.165) is 11.4 Å². The molecule has 1 atom stereocenters. The summed E-state index contributed by atoms with van der Waals surface area (Å²) in [5, 5.41) is 2.33. The Kier molecular flexibility index (Phi) is 2.24. The van der Waals surface area contributed by atoms with E-state index in [0.29, 0.717) is 13.2 Å². The third kappa shape index (κ3) is 1.63. The molecule has 0 aromatic heterocycles. The molecule has 1 aromatic rings. The Morgan fingerprint density at radius 1 is 1.29 bits per heavy atom. The summed E-state index contributed by atoms with van der Waals surface area (Å²) in [6.07, 6.45) is 0.229. The summed E-state index contributed by atoms with van der Waals surface area (Å²) < 4.78 is 5.52. The van der Waals surface area contributed by atoms with Gasteiger partial charge in [0.05, 0.1) is 18.7 Å². The number of hydrogen-bond acceptors (Lipinski definition) is 4. The Bertz CT molecular complexity index is 486. The van der Waals surface area contributed by atoms with E-state index in [1.165, 1.54) is 0 Å². The van der Waals surface area contributed by atoms with Gasteiger partial charge < -0.3 is 9.64 Å². The largest absolute Gasteiger partial charge is 0.490 e. The van der Waals surface area contributed by atoms with Crippen LogP contribution in [0.25, 0.3) is 0 Å². The molecule has 5 nitrogen and oxygen atoms in total. The van der Waals surface area contributed by atoms with Gasteiger partial charge in [-0.2, -0.15) is 0 Å². The number of fused-ring (bicyclic) bond motifs is 1. The highest BCUT2D eigenvalue weighted by molar-refractivity contribution is 6.07. The van der Waals surface area contributed by atoms with E-state index in [9.17, 15) is 9.59 Å². The number of hydrogen-bond donors (Lipinski definition) is 1. The van der Waals surface area contributed by atoms with Crippen LogP contribution < -0.4 is 15.0 Å². The Morgan fingerprint density at radius 3 is 2.88 bits per heavy atom. The average molecular weight is 232 g/mol. The fraction of sp³-hybridized carbons (Fsp3) is 0.333. The minimum Gasteiger partial charge on any atom is -0.490 e. The molecule has 88 valence electrons. The van der Waals surface area contributed by atoms with Crippen LogP contribution in [0.4, 0.5) is 5.69 Å². The Balaban J connectivity index is 1.95. The van der Waals surface area contributed by atoms with Gasteiger partial charge in [0, 0.05) is 0 Å². The number of carbonyl (C=O) groups excluding carboxylic acids is 2. The lowest BCUT2D eigenvalue weighted by Crippen LogP contribution is -2.45. The zero-order chi connectivity index (χ0) is 11.8. The van der Waals surface area contributed by atoms with Crippen molar-refractivity contribution >= 4 is 17.5 Å². The smallest absolute Gasteiger partial charge is 0.249 e. The second-order valence-corrected chi connectivity index (χ2v) is 4.14. The summed E-state index contributed by atoms with van der Waals surface area (Å²) in [6, 6.07) is 7.17. The molecule has 0 aliphatic carbocycles. The number of rotatable bonds is 1. The minimum atomic E-state index is -0.396. The van der Waals surface area contributed by atoms with Gasteiger partial charge in [-0.05, 0) is 12.1 Å². The maximum absolute atomic E-state index is 11.7. The highest BCUT2D eigenvalue weighted by Crippen LogP contribution is 2.33. The monoisotopic (exact) mass is 232 g/mol. The van der Waals surface area contributed by atoms with Crippen LogP contribution in [0.2, 0.25) is 0 Å². The summed E-state index contributed by atoms with van der Waals surface area (Å²) in [5.74, 6) is 0.349. The van der Waals surface area contributed by atoms with Crippen molar-refractivity contribution in [2.24, 2.45) is 0 Å². The van der Waals surface area contributed by atoms with Crippen LogP contribution in [0, 0.1) is 0 Å². The van der Waals surface area contributed by atoms with Gasteiger partial charge in [0.25, 0.3) is 0 Å². The van der Waals surface area contributed by atoms with Crippen molar-refractivity contribution in [3.05, 3.63) is 24.3 Å². The fourth-order valence-electron chi connectivity index (χ4n) is 2.31. The normalized spacial score (nSPS) is 23.1. The summed E-state index contributed by atoms with van der Waals surface area (Å²) in [4.78, 5) is 24.9. The SMILES string of the molecule is O=C1CC(N2CCOc3ccccc32)C(=O)N1. The molecule has 1 saturated heterocycles. The van der Waals surface area contributed by atoms with E-state index < -0.39 is 6.04 Å². The van der Waals surface area contributed by atoms with Crippen molar-refractivity contribution in [1.82, 2.24) is 5.32 Å². The van der Waals surface area contributed by atoms with Crippen molar-refractivity contribution in [3.63, 3.8) is 0 Å². The number of imide groups is 1. The van der Waals surface area contributed by atoms with Crippen LogP contribution in [0.3, 0.4) is 0 Å². The van der Waals surface area contributed by atoms with Gasteiger partial charge in [0.15, 0.2) is 0 Å². The molecule has 0 radical (unpaired) electrons. The van der Waals surface area contributed by atoms with Crippen LogP contribution in [-0.4, -0.2) is 31.0 Å². The van der Waals surface area contributed by atoms with E-state index in [-0.39, 0.29) is 18.2 Å². The number of nitrogens with zero attached hydrogens (tertiary/aromatic N) is 1. The first-order chi connectivity index (χ1) is 8.25. The first kappa shape index (κ1) is 10.1. The van der Waals surface area contributed by atoms with E-state index in [4.69, 9.17) is 4.74 Å². The quantitative estimate of drug-likeness (QED) is 0.707. The highest BCUT2D eigenvalue weighted by atomic mass is 16.5. The third-order valence-corrected chi connectivity index (χ3v) is 3.08. The third-order valence-electron chi connectivity index (χ3n) is 3.08. The Labute approximate surface area is 98.4 Å². The van der Waals surface area contributed by atoms with Gasteiger partial charge in [0.1, 0.15) is 18.4 Å². The van der Waals surface area contributed by atoms with Crippen molar-refractivity contribution in [1.29, 1.82) is 0 Å². The van der Waals surface area contributed by atoms with Crippen molar-refractivity contribution < 1.29 is 14.3 Å². The molecule has 5 heteroatoms. The molecule has 1 aromatic carbocycles. The summed E-state index contributed by atoms with van der Waals surface area (Å²) >= 11 is 0. The number of ether oxygens (including phenoxy) is 1. The molecule has 2 aliphatic heterocycles. The summed E-state index contributed by atoms with van der Waals surface area (Å²) in [5.41, 5.74) is 0.883. The molecule has 0 spiro atoms. The molecular weight excluding hydrogens is 220 g/mol. The lowest BCUT2D eigenvalue weighted by atomic mass is 10.1. The molecule has 1 fully saturated rings. The second-order valence-electron chi connectivity index (χ2n) is 4.14. The predicted octanol–water partition coefficient (Wildman–Crippen LogP) is 0.301. The molecule has 2 heterocycles. The molecule has 0 saturated carbocycles. The number of carbonyl (C=O) groups is 2. The number of anilines is 1. The summed E-state index contributed by atoms with van der Waals surface area (Å²) in [6.45, 7) is 1.16. The standard InChI is InChI=1S/C12H12N2O3/c15-11-7-9(12(16)13-11)14-5-6-17-10-4-2-1-3-8(10)14/h1-4,9H,5-7H2,(H,13,15,16).